The van der Waals surface area contributed by atoms with E-state index in [1.54, 1.807) is 24.3 Å². The molecule has 9 heteroatoms. The number of carbonyl (C=O) groups excluding carboxylic acids is 1. The number of hydrogen-bond acceptors (Lipinski definition) is 2. The van der Waals surface area contributed by atoms with Gasteiger partial charge in [-0.05, 0) is 36.4 Å². The van der Waals surface area contributed by atoms with Crippen molar-refractivity contribution in [2.75, 3.05) is 0 Å². The van der Waals surface area contributed by atoms with E-state index in [0.29, 0.717) is 11.0 Å². The number of halogens is 5. The van der Waals surface area contributed by atoms with Gasteiger partial charge in [-0.3, -0.25) is 4.79 Å². The lowest BCUT2D eigenvalue weighted by Gasteiger charge is -2.05. The van der Waals surface area contributed by atoms with Gasteiger partial charge in [0.05, 0.1) is 0 Å². The highest BCUT2D eigenvalue weighted by Crippen LogP contribution is 2.19. The molecule has 0 unspecified atom stereocenters. The van der Waals surface area contributed by atoms with Crippen molar-refractivity contribution in [3.8, 4) is 5.75 Å². The Kier molecular flexibility index (Phi) is 6.36. The molecule has 1 aromatic heterocycles. The van der Waals surface area contributed by atoms with Gasteiger partial charge in [-0.25, -0.2) is 4.57 Å². The van der Waals surface area contributed by atoms with E-state index in [2.05, 4.69) is 4.74 Å². The van der Waals surface area contributed by atoms with Crippen LogP contribution in [0.15, 0.2) is 54.9 Å². The molecule has 0 atom stereocenters. The van der Waals surface area contributed by atoms with E-state index in [9.17, 15) is 22.4 Å². The van der Waals surface area contributed by atoms with Gasteiger partial charge in [0.1, 0.15) is 5.75 Å². The second-order valence-electron chi connectivity index (χ2n) is 5.24. The number of aromatic nitrogens is 2. The fourth-order valence-electron chi connectivity index (χ4n) is 2.55. The monoisotopic (exact) mass is 432 g/mol. The van der Waals surface area contributed by atoms with Crippen LogP contribution in [-0.2, 0) is 6.54 Å². The summed E-state index contributed by atoms with van der Waals surface area (Å²) in [4.78, 5) is 12.4. The Bertz CT molecular complexity index is 897. The minimum absolute atomic E-state index is 0. The van der Waals surface area contributed by atoms with E-state index in [-0.39, 0.29) is 40.6 Å². The number of para-hydroxylation sites is 2. The van der Waals surface area contributed by atoms with Crippen molar-refractivity contribution < 1.29 is 48.6 Å². The Morgan fingerprint density at radius 3 is 2.31 bits per heavy atom. The van der Waals surface area contributed by atoms with Gasteiger partial charge in [-0.2, -0.15) is 22.1 Å². The topological polar surface area (TPSA) is 35.1 Å². The predicted molar refractivity (Wildman–Crippen MR) is 80.8 cm³/mol. The van der Waals surface area contributed by atoms with Crippen LogP contribution in [-0.4, -0.2) is 17.0 Å². The Morgan fingerprint density at radius 2 is 1.69 bits per heavy atom. The summed E-state index contributed by atoms with van der Waals surface area (Å²) >= 11 is 0. The molecule has 0 fully saturated rings. The highest BCUT2D eigenvalue weighted by molar-refractivity contribution is 5.95. The molecule has 138 valence electrons. The molecule has 0 aliphatic carbocycles. The van der Waals surface area contributed by atoms with Crippen LogP contribution in [0.25, 0.3) is 11.0 Å². The average Bonchev–Trinajstić information content (AvgIpc) is 2.94. The van der Waals surface area contributed by atoms with Crippen LogP contribution in [0, 0.1) is 0 Å². The summed E-state index contributed by atoms with van der Waals surface area (Å²) in [5, 5.41) is 0. The molecule has 3 rings (SSSR count). The highest BCUT2D eigenvalue weighted by atomic mass is 79.9. The number of ether oxygens (including phenoxy) is 1. The van der Waals surface area contributed by atoms with Crippen molar-refractivity contribution >= 4 is 16.8 Å². The van der Waals surface area contributed by atoms with Crippen LogP contribution in [0.3, 0.4) is 0 Å². The second kappa shape index (κ2) is 8.31. The van der Waals surface area contributed by atoms with E-state index in [4.69, 9.17) is 0 Å². The summed E-state index contributed by atoms with van der Waals surface area (Å²) in [5.41, 5.74) is 1.07. The van der Waals surface area contributed by atoms with Crippen LogP contribution in [0.4, 0.5) is 17.6 Å². The molecule has 0 saturated carbocycles. The van der Waals surface area contributed by atoms with Crippen LogP contribution in [0.2, 0.25) is 0 Å². The maximum absolute atomic E-state index is 13.1. The predicted octanol–water partition coefficient (Wildman–Crippen LogP) is 0.812. The molecule has 3 aromatic rings. The van der Waals surface area contributed by atoms with Crippen molar-refractivity contribution in [1.82, 2.24) is 4.57 Å². The Hall–Kier alpha value is -2.42. The van der Waals surface area contributed by atoms with Gasteiger partial charge in [-0.15, -0.1) is 0 Å². The van der Waals surface area contributed by atoms with Gasteiger partial charge in [0, 0.05) is 5.56 Å². The van der Waals surface area contributed by atoms with Gasteiger partial charge in [-0.1, -0.05) is 12.1 Å². The second-order valence-corrected chi connectivity index (χ2v) is 5.24. The SMILES string of the molecule is O=C(C[n+]1cn(C(F)F)c2ccccc21)c1ccc(OC(F)F)cc1.[Br-]. The van der Waals surface area contributed by atoms with E-state index in [1.807, 2.05) is 0 Å². The first-order chi connectivity index (χ1) is 12.0. The number of carbonyl (C=O) groups is 1. The first kappa shape index (κ1) is 19.9. The van der Waals surface area contributed by atoms with Crippen LogP contribution in [0.5, 0.6) is 5.75 Å². The summed E-state index contributed by atoms with van der Waals surface area (Å²) in [6.45, 7) is -5.83. The summed E-state index contributed by atoms with van der Waals surface area (Å²) in [5.74, 6) is -0.403. The largest absolute Gasteiger partial charge is 1.00 e. The van der Waals surface area contributed by atoms with E-state index >= 15 is 0 Å². The molecular formula is C17H13BrF4N2O2. The molecule has 0 aliphatic heterocycles. The minimum Gasteiger partial charge on any atom is -1.00 e. The number of nitrogens with zero attached hydrogens (tertiary/aromatic N) is 2. The molecule has 4 nitrogen and oxygen atoms in total. The molecule has 0 bridgehead atoms. The maximum Gasteiger partial charge on any atom is 0.387 e. The van der Waals surface area contributed by atoms with E-state index in [0.717, 1.165) is 4.57 Å². The van der Waals surface area contributed by atoms with Gasteiger partial charge in [0.2, 0.25) is 12.1 Å². The molecule has 0 spiro atoms. The number of alkyl halides is 4. The van der Waals surface area contributed by atoms with Crippen molar-refractivity contribution in [2.24, 2.45) is 0 Å². The van der Waals surface area contributed by atoms with Gasteiger partial charge in [0.25, 0.3) is 0 Å². The van der Waals surface area contributed by atoms with E-state index in [1.165, 1.54) is 35.2 Å². The number of Topliss-reactive ketones (excluding diaryl/α,β-unsaturated/α-hetero) is 1. The van der Waals surface area contributed by atoms with Gasteiger partial charge >= 0.3 is 13.2 Å². The summed E-state index contributed by atoms with van der Waals surface area (Å²) in [6, 6.07) is 11.7. The van der Waals surface area contributed by atoms with E-state index < -0.39 is 13.2 Å². The minimum atomic E-state index is -2.95. The summed E-state index contributed by atoms with van der Waals surface area (Å²) < 4.78 is 56.9. The zero-order chi connectivity index (χ0) is 18.0. The van der Waals surface area contributed by atoms with Crippen molar-refractivity contribution in [2.45, 2.75) is 19.7 Å². The molecule has 1 heterocycles. The maximum atomic E-state index is 13.1. The lowest BCUT2D eigenvalue weighted by Crippen LogP contribution is -3.00. The normalized spacial score (nSPS) is 11.0. The van der Waals surface area contributed by atoms with Gasteiger partial charge in [0.15, 0.2) is 17.6 Å². The average molecular weight is 433 g/mol. The third-order valence-corrected chi connectivity index (χ3v) is 3.66. The first-order valence-corrected chi connectivity index (χ1v) is 7.31. The molecule has 26 heavy (non-hydrogen) atoms. The van der Waals surface area contributed by atoms with Crippen LogP contribution < -0.4 is 26.3 Å². The van der Waals surface area contributed by atoms with Gasteiger partial charge < -0.3 is 21.7 Å². The Balaban J connectivity index is 0.00000243. The highest BCUT2D eigenvalue weighted by Gasteiger charge is 2.23. The zero-order valence-corrected chi connectivity index (χ0v) is 14.7. The summed E-state index contributed by atoms with van der Waals surface area (Å²) in [7, 11) is 0. The fourth-order valence-corrected chi connectivity index (χ4v) is 2.55. The number of fused-ring (bicyclic) bond motifs is 1. The lowest BCUT2D eigenvalue weighted by molar-refractivity contribution is -0.658. The third kappa shape index (κ3) is 4.21. The van der Waals surface area contributed by atoms with Crippen molar-refractivity contribution in [3.63, 3.8) is 0 Å². The summed E-state index contributed by atoms with van der Waals surface area (Å²) in [6.07, 6.45) is 1.18. The molecule has 0 radical (unpaired) electrons. The van der Waals surface area contributed by atoms with Crippen molar-refractivity contribution in [1.29, 1.82) is 0 Å². The first-order valence-electron chi connectivity index (χ1n) is 7.31. The number of hydrogen-bond donors (Lipinski definition) is 0. The Morgan fingerprint density at radius 1 is 1.04 bits per heavy atom. The van der Waals surface area contributed by atoms with Crippen LogP contribution in [0.1, 0.15) is 16.9 Å². The lowest BCUT2D eigenvalue weighted by atomic mass is 10.1. The number of benzene rings is 2. The molecule has 0 N–H and O–H groups in total. The smallest absolute Gasteiger partial charge is 0.387 e. The quantitative estimate of drug-likeness (QED) is 0.328. The number of ketones is 1. The van der Waals surface area contributed by atoms with Crippen LogP contribution >= 0.6 is 0 Å². The standard InChI is InChI=1S/C17H13F4N2O2.BrH/c18-16(19)23-10-22(13-3-1-2-4-14(13)23)9-15(24)11-5-7-12(8-6-11)25-17(20)21;/h1-8,10,16-17H,9H2;1H/q+1;/p-1. The molecule has 0 saturated heterocycles. The molecular weight excluding hydrogens is 420 g/mol. The molecule has 2 aromatic carbocycles. The third-order valence-electron chi connectivity index (χ3n) is 3.66. The number of imidazole rings is 1. The molecule has 0 amide bonds. The fraction of sp³-hybridized carbons (Fsp3) is 0.176. The van der Waals surface area contributed by atoms with Crippen molar-refractivity contribution in [3.05, 3.63) is 60.4 Å². The Labute approximate surface area is 156 Å². The molecule has 0 aliphatic rings. The number of rotatable bonds is 6. The zero-order valence-electron chi connectivity index (χ0n) is 13.2.